The van der Waals surface area contributed by atoms with Crippen LogP contribution in [0.5, 0.6) is 0 Å². The van der Waals surface area contributed by atoms with Crippen LogP contribution in [0.1, 0.15) is 26.7 Å². The van der Waals surface area contributed by atoms with Gasteiger partial charge in [0.05, 0.1) is 5.02 Å². The molecule has 0 fully saturated rings. The minimum Gasteiger partial charge on any atom is -0.207 e. The number of halogens is 3. The van der Waals surface area contributed by atoms with Gasteiger partial charge in [-0.1, -0.05) is 18.5 Å². The highest BCUT2D eigenvalue weighted by Gasteiger charge is 2.30. The third-order valence-corrected chi connectivity index (χ3v) is 5.30. The van der Waals surface area contributed by atoms with Crippen LogP contribution in [0.4, 0.5) is 4.39 Å². The summed E-state index contributed by atoms with van der Waals surface area (Å²) in [5.41, 5.74) is -0.684. The normalized spacial score (nSPS) is 15.2. The highest BCUT2D eigenvalue weighted by atomic mass is 35.5. The van der Waals surface area contributed by atoms with Crippen LogP contribution in [0.2, 0.25) is 5.02 Å². The molecule has 1 N–H and O–H groups in total. The minimum absolute atomic E-state index is 0.0155. The summed E-state index contributed by atoms with van der Waals surface area (Å²) in [6.07, 6.45) is 1.03. The van der Waals surface area contributed by atoms with Crippen LogP contribution in [0.15, 0.2) is 23.1 Å². The molecule has 19 heavy (non-hydrogen) atoms. The molecule has 0 aliphatic carbocycles. The molecular formula is C12H16Cl2FNO2S. The van der Waals surface area contributed by atoms with E-state index in [0.717, 1.165) is 12.1 Å². The van der Waals surface area contributed by atoms with E-state index in [9.17, 15) is 12.8 Å². The summed E-state index contributed by atoms with van der Waals surface area (Å²) in [5.74, 6) is -0.329. The topological polar surface area (TPSA) is 46.2 Å². The number of hydrogen-bond donors (Lipinski definition) is 1. The summed E-state index contributed by atoms with van der Waals surface area (Å²) >= 11 is 11.5. The first-order chi connectivity index (χ1) is 8.74. The van der Waals surface area contributed by atoms with Crippen LogP contribution >= 0.6 is 23.2 Å². The predicted molar refractivity (Wildman–Crippen MR) is 75.8 cm³/mol. The van der Waals surface area contributed by atoms with Gasteiger partial charge in [0.15, 0.2) is 0 Å². The molecule has 0 aliphatic heterocycles. The van der Waals surface area contributed by atoms with Gasteiger partial charge in [0.25, 0.3) is 0 Å². The molecule has 108 valence electrons. The van der Waals surface area contributed by atoms with Gasteiger partial charge in [-0.15, -0.1) is 11.6 Å². The third-order valence-electron chi connectivity index (χ3n) is 2.99. The van der Waals surface area contributed by atoms with Crippen molar-refractivity contribution in [2.24, 2.45) is 0 Å². The fraction of sp³-hybridized carbons (Fsp3) is 0.500. The Bertz CT molecular complexity index is 551. The molecule has 0 saturated carbocycles. The van der Waals surface area contributed by atoms with Crippen molar-refractivity contribution in [1.29, 1.82) is 0 Å². The summed E-state index contributed by atoms with van der Waals surface area (Å²) in [7, 11) is -3.89. The molecule has 1 aromatic rings. The average Bonchev–Trinajstić information content (AvgIpc) is 2.31. The summed E-state index contributed by atoms with van der Waals surface area (Å²) in [6, 6.07) is 3.23. The lowest BCUT2D eigenvalue weighted by Gasteiger charge is -2.28. The Morgan fingerprint density at radius 2 is 2.05 bits per heavy atom. The maximum atomic E-state index is 13.2. The molecule has 0 amide bonds. The van der Waals surface area contributed by atoms with E-state index in [-0.39, 0.29) is 9.92 Å². The Labute approximate surface area is 123 Å². The molecule has 0 saturated heterocycles. The van der Waals surface area contributed by atoms with E-state index >= 15 is 0 Å². The van der Waals surface area contributed by atoms with Crippen molar-refractivity contribution in [3.8, 4) is 0 Å². The Morgan fingerprint density at radius 3 is 2.58 bits per heavy atom. The van der Waals surface area contributed by atoms with Crippen molar-refractivity contribution >= 4 is 33.2 Å². The van der Waals surface area contributed by atoms with E-state index in [1.807, 2.05) is 6.92 Å². The Kier molecular flexibility index (Phi) is 5.62. The zero-order chi connectivity index (χ0) is 14.7. The van der Waals surface area contributed by atoms with Gasteiger partial charge in [-0.25, -0.2) is 17.5 Å². The van der Waals surface area contributed by atoms with Crippen LogP contribution in [0.3, 0.4) is 0 Å². The molecule has 0 aliphatic rings. The van der Waals surface area contributed by atoms with Crippen LogP contribution in [-0.4, -0.2) is 19.8 Å². The van der Waals surface area contributed by atoms with Crippen LogP contribution in [-0.2, 0) is 10.0 Å². The smallest absolute Gasteiger partial charge is 0.207 e. The highest BCUT2D eigenvalue weighted by Crippen LogP contribution is 2.25. The zero-order valence-corrected chi connectivity index (χ0v) is 13.0. The quantitative estimate of drug-likeness (QED) is 0.812. The van der Waals surface area contributed by atoms with Crippen molar-refractivity contribution in [1.82, 2.24) is 4.72 Å². The molecule has 1 atom stereocenters. The Balaban J connectivity index is 3.14. The number of rotatable bonds is 6. The van der Waals surface area contributed by atoms with Crippen LogP contribution < -0.4 is 4.72 Å². The number of nitrogens with one attached hydrogen (secondary N) is 1. The fourth-order valence-electron chi connectivity index (χ4n) is 1.57. The average molecular weight is 328 g/mol. The Morgan fingerprint density at radius 1 is 1.42 bits per heavy atom. The molecule has 1 unspecified atom stereocenters. The number of alkyl halides is 1. The lowest BCUT2D eigenvalue weighted by Crippen LogP contribution is -2.45. The molecular weight excluding hydrogens is 312 g/mol. The van der Waals surface area contributed by atoms with Crippen molar-refractivity contribution in [3.05, 3.63) is 29.0 Å². The second kappa shape index (κ2) is 6.39. The number of benzene rings is 1. The molecule has 0 aromatic heterocycles. The maximum absolute atomic E-state index is 13.2. The van der Waals surface area contributed by atoms with Gasteiger partial charge in [-0.05, 0) is 38.0 Å². The zero-order valence-electron chi connectivity index (χ0n) is 10.7. The van der Waals surface area contributed by atoms with E-state index in [0.29, 0.717) is 18.7 Å². The lowest BCUT2D eigenvalue weighted by molar-refractivity contribution is 0.390. The van der Waals surface area contributed by atoms with E-state index < -0.39 is 21.4 Å². The first-order valence-corrected chi connectivity index (χ1v) is 8.18. The van der Waals surface area contributed by atoms with Crippen molar-refractivity contribution in [2.75, 3.05) is 5.88 Å². The van der Waals surface area contributed by atoms with Crippen LogP contribution in [0, 0.1) is 5.82 Å². The predicted octanol–water partition coefficient (Wildman–Crippen LogP) is 3.56. The molecule has 7 heteroatoms. The second-order valence-corrected chi connectivity index (χ2v) is 6.97. The van der Waals surface area contributed by atoms with Crippen LogP contribution in [0.25, 0.3) is 0 Å². The third kappa shape index (κ3) is 4.31. The molecule has 0 heterocycles. The summed E-state index contributed by atoms with van der Waals surface area (Å²) in [4.78, 5) is -0.261. The molecule has 0 bridgehead atoms. The fourth-order valence-corrected chi connectivity index (χ4v) is 4.01. The van der Waals surface area contributed by atoms with Gasteiger partial charge >= 0.3 is 0 Å². The summed E-state index contributed by atoms with van der Waals surface area (Å²) in [6.45, 7) is 3.60. The van der Waals surface area contributed by atoms with Gasteiger partial charge in [0, 0.05) is 11.4 Å². The molecule has 3 nitrogen and oxygen atoms in total. The van der Waals surface area contributed by atoms with Crippen molar-refractivity contribution < 1.29 is 12.8 Å². The lowest BCUT2D eigenvalue weighted by atomic mass is 9.97. The van der Waals surface area contributed by atoms with Gasteiger partial charge in [-0.3, -0.25) is 0 Å². The van der Waals surface area contributed by atoms with Crippen molar-refractivity contribution in [2.45, 2.75) is 37.1 Å². The van der Waals surface area contributed by atoms with E-state index in [1.54, 1.807) is 6.92 Å². The molecule has 1 aromatic carbocycles. The molecule has 0 spiro atoms. The number of sulfonamides is 1. The molecule has 0 radical (unpaired) electrons. The second-order valence-electron chi connectivity index (χ2n) is 4.53. The first-order valence-electron chi connectivity index (χ1n) is 5.79. The summed E-state index contributed by atoms with van der Waals surface area (Å²) < 4.78 is 40.2. The monoisotopic (exact) mass is 327 g/mol. The standard InChI is InChI=1S/C12H16Cl2FNO2S/c1-3-12(2,6-7-13)16-19(17,18)11-8-9(15)4-5-10(11)14/h4-5,8,16H,3,6-7H2,1-2H3. The van der Waals surface area contributed by atoms with Gasteiger partial charge < -0.3 is 0 Å². The molecule has 1 rings (SSSR count). The van der Waals surface area contributed by atoms with E-state index in [1.165, 1.54) is 6.07 Å². The summed E-state index contributed by atoms with van der Waals surface area (Å²) in [5, 5.41) is -0.0155. The largest absolute Gasteiger partial charge is 0.242 e. The minimum atomic E-state index is -3.89. The maximum Gasteiger partial charge on any atom is 0.242 e. The SMILES string of the molecule is CCC(C)(CCCl)NS(=O)(=O)c1cc(F)ccc1Cl. The van der Waals surface area contributed by atoms with Gasteiger partial charge in [0.2, 0.25) is 10.0 Å². The first kappa shape index (κ1) is 16.7. The van der Waals surface area contributed by atoms with Crippen molar-refractivity contribution in [3.63, 3.8) is 0 Å². The number of hydrogen-bond acceptors (Lipinski definition) is 2. The Hall–Kier alpha value is -0.360. The van der Waals surface area contributed by atoms with Gasteiger partial charge in [0.1, 0.15) is 10.7 Å². The van der Waals surface area contributed by atoms with Gasteiger partial charge in [-0.2, -0.15) is 0 Å². The highest BCUT2D eigenvalue weighted by molar-refractivity contribution is 7.89. The van der Waals surface area contributed by atoms with E-state index in [2.05, 4.69) is 4.72 Å². The van der Waals surface area contributed by atoms with E-state index in [4.69, 9.17) is 23.2 Å².